The molecule has 0 aromatic heterocycles. The average Bonchev–Trinajstić information content (AvgIpc) is 2.47. The molecule has 0 spiro atoms. The highest BCUT2D eigenvalue weighted by Crippen LogP contribution is 2.38. The van der Waals surface area contributed by atoms with Gasteiger partial charge in [0.05, 0.1) is 12.5 Å². The van der Waals surface area contributed by atoms with Gasteiger partial charge in [0.2, 0.25) is 0 Å². The molecule has 0 amide bonds. The minimum atomic E-state index is -0.737. The van der Waals surface area contributed by atoms with Gasteiger partial charge in [0, 0.05) is 5.69 Å². The van der Waals surface area contributed by atoms with Crippen LogP contribution in [0.5, 0.6) is 0 Å². The number of aryl methyl sites for hydroxylation is 1. The molecule has 0 fully saturated rings. The van der Waals surface area contributed by atoms with Gasteiger partial charge >= 0.3 is 5.97 Å². The molecular weight excluding hydrogens is 262 g/mol. The normalized spacial score (nSPS) is 20.4. The summed E-state index contributed by atoms with van der Waals surface area (Å²) in [5.74, 6) is -0.668. The van der Waals surface area contributed by atoms with Crippen molar-refractivity contribution in [3.05, 3.63) is 65.2 Å². The van der Waals surface area contributed by atoms with Crippen molar-refractivity contribution in [2.45, 2.75) is 25.8 Å². The second-order valence-electron chi connectivity index (χ2n) is 5.76. The van der Waals surface area contributed by atoms with Crippen molar-refractivity contribution in [2.24, 2.45) is 5.92 Å². The zero-order chi connectivity index (χ0) is 14.8. The SMILES string of the molecule is Cc1ccc2c(c1)CC(CC(=O)O)C(c1ccccc1)N2. The van der Waals surface area contributed by atoms with E-state index in [9.17, 15) is 9.90 Å². The first-order valence-corrected chi connectivity index (χ1v) is 7.26. The van der Waals surface area contributed by atoms with Gasteiger partial charge < -0.3 is 10.4 Å². The molecule has 0 bridgehead atoms. The molecule has 0 radical (unpaired) electrons. The fraction of sp³-hybridized carbons (Fsp3) is 0.278. The summed E-state index contributed by atoms with van der Waals surface area (Å²) >= 11 is 0. The summed E-state index contributed by atoms with van der Waals surface area (Å²) in [4.78, 5) is 11.2. The summed E-state index contributed by atoms with van der Waals surface area (Å²) in [6.07, 6.45) is 0.982. The number of fused-ring (bicyclic) bond motifs is 1. The standard InChI is InChI=1S/C18H19NO2/c1-12-7-8-16-14(9-12)10-15(11-17(20)21)18(19-16)13-5-3-2-4-6-13/h2-9,15,18-19H,10-11H2,1H3,(H,20,21). The van der Waals surface area contributed by atoms with Crippen LogP contribution in [0.1, 0.15) is 29.2 Å². The van der Waals surface area contributed by atoms with E-state index in [2.05, 4.69) is 42.6 Å². The molecular formula is C18H19NO2. The number of carboxylic acid groups (broad SMARTS) is 1. The van der Waals surface area contributed by atoms with E-state index in [0.29, 0.717) is 0 Å². The van der Waals surface area contributed by atoms with Crippen LogP contribution in [0.2, 0.25) is 0 Å². The van der Waals surface area contributed by atoms with Gasteiger partial charge in [-0.1, -0.05) is 48.0 Å². The Kier molecular flexibility index (Phi) is 3.65. The fourth-order valence-electron chi connectivity index (χ4n) is 3.15. The van der Waals surface area contributed by atoms with Crippen molar-refractivity contribution in [3.8, 4) is 0 Å². The molecule has 2 aromatic carbocycles. The van der Waals surface area contributed by atoms with Crippen molar-refractivity contribution in [1.82, 2.24) is 0 Å². The Morgan fingerprint density at radius 3 is 2.71 bits per heavy atom. The molecule has 2 unspecified atom stereocenters. The monoisotopic (exact) mass is 281 g/mol. The van der Waals surface area contributed by atoms with Crippen LogP contribution in [0.25, 0.3) is 0 Å². The van der Waals surface area contributed by atoms with Gasteiger partial charge in [-0.25, -0.2) is 0 Å². The first-order chi connectivity index (χ1) is 10.1. The number of carboxylic acids is 1. The van der Waals surface area contributed by atoms with E-state index in [-0.39, 0.29) is 18.4 Å². The van der Waals surface area contributed by atoms with Crippen LogP contribution >= 0.6 is 0 Å². The zero-order valence-corrected chi connectivity index (χ0v) is 12.0. The van der Waals surface area contributed by atoms with Gasteiger partial charge in [0.1, 0.15) is 0 Å². The summed E-state index contributed by atoms with van der Waals surface area (Å²) in [5.41, 5.74) is 4.70. The number of aliphatic carboxylic acids is 1. The molecule has 1 aliphatic heterocycles. The maximum atomic E-state index is 11.2. The number of rotatable bonds is 3. The van der Waals surface area contributed by atoms with E-state index in [4.69, 9.17) is 0 Å². The third-order valence-electron chi connectivity index (χ3n) is 4.12. The van der Waals surface area contributed by atoms with Gasteiger partial charge in [-0.3, -0.25) is 4.79 Å². The third kappa shape index (κ3) is 2.92. The Hall–Kier alpha value is -2.29. The van der Waals surface area contributed by atoms with E-state index in [0.717, 1.165) is 17.7 Å². The molecule has 0 saturated heterocycles. The predicted octanol–water partition coefficient (Wildman–Crippen LogP) is 3.80. The van der Waals surface area contributed by atoms with Gasteiger partial charge in [-0.2, -0.15) is 0 Å². The van der Waals surface area contributed by atoms with E-state index in [1.165, 1.54) is 11.1 Å². The Balaban J connectivity index is 1.97. The lowest BCUT2D eigenvalue weighted by atomic mass is 9.81. The molecule has 0 saturated carbocycles. The second kappa shape index (κ2) is 5.60. The average molecular weight is 281 g/mol. The molecule has 0 aliphatic carbocycles. The Morgan fingerprint density at radius 1 is 1.24 bits per heavy atom. The molecule has 2 atom stereocenters. The molecule has 3 nitrogen and oxygen atoms in total. The highest BCUT2D eigenvalue weighted by atomic mass is 16.4. The maximum Gasteiger partial charge on any atom is 0.303 e. The van der Waals surface area contributed by atoms with E-state index >= 15 is 0 Å². The highest BCUT2D eigenvalue weighted by Gasteiger charge is 2.30. The summed E-state index contributed by atoms with van der Waals surface area (Å²) in [6, 6.07) is 16.5. The topological polar surface area (TPSA) is 49.3 Å². The van der Waals surface area contributed by atoms with Crippen LogP contribution in [-0.2, 0) is 11.2 Å². The van der Waals surface area contributed by atoms with Crippen molar-refractivity contribution >= 4 is 11.7 Å². The molecule has 2 aromatic rings. The smallest absolute Gasteiger partial charge is 0.303 e. The predicted molar refractivity (Wildman–Crippen MR) is 83.4 cm³/mol. The van der Waals surface area contributed by atoms with Crippen LogP contribution in [0, 0.1) is 12.8 Å². The fourth-order valence-corrected chi connectivity index (χ4v) is 3.15. The molecule has 1 aliphatic rings. The molecule has 108 valence electrons. The summed E-state index contributed by atoms with van der Waals surface area (Å²) < 4.78 is 0. The summed E-state index contributed by atoms with van der Waals surface area (Å²) in [6.45, 7) is 2.07. The molecule has 21 heavy (non-hydrogen) atoms. The quantitative estimate of drug-likeness (QED) is 0.899. The molecule has 2 N–H and O–H groups in total. The third-order valence-corrected chi connectivity index (χ3v) is 4.12. The number of hydrogen-bond donors (Lipinski definition) is 2. The number of hydrogen-bond acceptors (Lipinski definition) is 2. The van der Waals surface area contributed by atoms with Crippen molar-refractivity contribution in [3.63, 3.8) is 0 Å². The molecule has 1 heterocycles. The number of nitrogens with one attached hydrogen (secondary N) is 1. The van der Waals surface area contributed by atoms with Gasteiger partial charge in [-0.05, 0) is 36.5 Å². The summed E-state index contributed by atoms with van der Waals surface area (Å²) in [5, 5.41) is 12.7. The van der Waals surface area contributed by atoms with Crippen LogP contribution in [0.3, 0.4) is 0 Å². The van der Waals surface area contributed by atoms with Crippen molar-refractivity contribution in [2.75, 3.05) is 5.32 Å². The van der Waals surface area contributed by atoms with Crippen molar-refractivity contribution < 1.29 is 9.90 Å². The Bertz CT molecular complexity index is 652. The number of benzene rings is 2. The Labute approximate surface area is 124 Å². The summed E-state index contributed by atoms with van der Waals surface area (Å²) in [7, 11) is 0. The van der Waals surface area contributed by atoms with Crippen LogP contribution in [-0.4, -0.2) is 11.1 Å². The molecule has 3 heteroatoms. The largest absolute Gasteiger partial charge is 0.481 e. The van der Waals surface area contributed by atoms with E-state index in [1.807, 2.05) is 18.2 Å². The van der Waals surface area contributed by atoms with Gasteiger partial charge in [-0.15, -0.1) is 0 Å². The van der Waals surface area contributed by atoms with E-state index in [1.54, 1.807) is 0 Å². The first-order valence-electron chi connectivity index (χ1n) is 7.26. The first kappa shape index (κ1) is 13.7. The zero-order valence-electron chi connectivity index (χ0n) is 12.0. The van der Waals surface area contributed by atoms with Gasteiger partial charge in [0.15, 0.2) is 0 Å². The molecule has 3 rings (SSSR count). The minimum Gasteiger partial charge on any atom is -0.481 e. The number of carbonyl (C=O) groups is 1. The Morgan fingerprint density at radius 2 is 2.00 bits per heavy atom. The number of anilines is 1. The lowest BCUT2D eigenvalue weighted by Gasteiger charge is -2.34. The van der Waals surface area contributed by atoms with Crippen molar-refractivity contribution in [1.29, 1.82) is 0 Å². The maximum absolute atomic E-state index is 11.2. The lowest BCUT2D eigenvalue weighted by molar-refractivity contribution is -0.138. The van der Waals surface area contributed by atoms with Gasteiger partial charge in [0.25, 0.3) is 0 Å². The second-order valence-corrected chi connectivity index (χ2v) is 5.76. The van der Waals surface area contributed by atoms with Crippen LogP contribution in [0.15, 0.2) is 48.5 Å². The van der Waals surface area contributed by atoms with Crippen LogP contribution in [0.4, 0.5) is 5.69 Å². The van der Waals surface area contributed by atoms with E-state index < -0.39 is 5.97 Å². The lowest BCUT2D eigenvalue weighted by Crippen LogP contribution is -2.29. The minimum absolute atomic E-state index is 0.0532. The van der Waals surface area contributed by atoms with Crippen LogP contribution < -0.4 is 5.32 Å². The highest BCUT2D eigenvalue weighted by molar-refractivity contribution is 5.68.